The van der Waals surface area contributed by atoms with E-state index >= 15 is 0 Å². The zero-order chi connectivity index (χ0) is 23.3. The van der Waals surface area contributed by atoms with Crippen LogP contribution in [0, 0.1) is 0 Å². The van der Waals surface area contributed by atoms with E-state index in [0.717, 1.165) is 33.7 Å². The molecular weight excluding hydrogens is 482 g/mol. The number of piperidine rings is 1. The third kappa shape index (κ3) is 6.20. The number of benzene rings is 3. The van der Waals surface area contributed by atoms with Crippen molar-refractivity contribution in [3.05, 3.63) is 66.7 Å². The second kappa shape index (κ2) is 11.7. The Morgan fingerprint density at radius 2 is 1.57 bits per heavy atom. The molecule has 1 aliphatic rings. The van der Waals surface area contributed by atoms with E-state index in [4.69, 9.17) is 9.47 Å². The fourth-order valence-electron chi connectivity index (χ4n) is 4.34. The molecule has 1 fully saturated rings. The molecule has 0 bridgehead atoms. The van der Waals surface area contributed by atoms with E-state index in [-0.39, 0.29) is 23.9 Å². The van der Waals surface area contributed by atoms with Gasteiger partial charge in [0, 0.05) is 27.8 Å². The molecule has 0 radical (unpaired) electrons. The van der Waals surface area contributed by atoms with Gasteiger partial charge in [0.25, 0.3) is 0 Å². The van der Waals surface area contributed by atoms with Crippen molar-refractivity contribution in [3.8, 4) is 39.2 Å². The Labute approximate surface area is 216 Å². The molecule has 1 aromatic heterocycles. The molecular formula is C28H30ClNO4S. The van der Waals surface area contributed by atoms with Crippen LogP contribution in [0.1, 0.15) is 25.7 Å². The Bertz CT molecular complexity index is 1220. The van der Waals surface area contributed by atoms with Crippen molar-refractivity contribution in [2.24, 2.45) is 0 Å². The van der Waals surface area contributed by atoms with Crippen molar-refractivity contribution in [1.82, 2.24) is 4.90 Å². The maximum atomic E-state index is 10.5. The van der Waals surface area contributed by atoms with Gasteiger partial charge in [0.1, 0.15) is 17.2 Å². The molecule has 0 aliphatic carbocycles. The number of likely N-dealkylation sites (tertiary alicyclic amines) is 1. The van der Waals surface area contributed by atoms with Gasteiger partial charge >= 0.3 is 0 Å². The lowest BCUT2D eigenvalue weighted by Gasteiger charge is -2.26. The molecule has 4 aromatic rings. The van der Waals surface area contributed by atoms with Crippen LogP contribution in [0.25, 0.3) is 20.5 Å². The van der Waals surface area contributed by atoms with E-state index in [2.05, 4.69) is 11.0 Å². The van der Waals surface area contributed by atoms with Gasteiger partial charge in [0.2, 0.25) is 0 Å². The number of nitrogens with zero attached hydrogens (tertiary/aromatic N) is 1. The normalized spacial score (nSPS) is 13.9. The smallest absolute Gasteiger partial charge is 0.169 e. The largest absolute Gasteiger partial charge is 0.507 e. The molecule has 2 N–H and O–H groups in total. The van der Waals surface area contributed by atoms with Crippen LogP contribution < -0.4 is 9.47 Å². The number of thiophene rings is 1. The fraction of sp³-hybridized carbons (Fsp3) is 0.286. The lowest BCUT2D eigenvalue weighted by molar-refractivity contribution is 0.205. The molecule has 7 heteroatoms. The van der Waals surface area contributed by atoms with Gasteiger partial charge in [-0.2, -0.15) is 0 Å². The van der Waals surface area contributed by atoms with E-state index in [1.54, 1.807) is 17.4 Å². The first kappa shape index (κ1) is 25.2. The van der Waals surface area contributed by atoms with Crippen LogP contribution in [0.5, 0.6) is 28.7 Å². The predicted octanol–water partition coefficient (Wildman–Crippen LogP) is 7.45. The summed E-state index contributed by atoms with van der Waals surface area (Å²) in [7, 11) is 0. The molecule has 0 spiro atoms. The highest BCUT2D eigenvalue weighted by molar-refractivity contribution is 7.22. The first-order chi connectivity index (χ1) is 16.7. The van der Waals surface area contributed by atoms with Gasteiger partial charge in [0.15, 0.2) is 11.5 Å². The van der Waals surface area contributed by atoms with Gasteiger partial charge in [-0.1, -0.05) is 24.6 Å². The number of rotatable bonds is 8. The molecule has 2 heterocycles. The Morgan fingerprint density at radius 1 is 0.829 bits per heavy atom. The summed E-state index contributed by atoms with van der Waals surface area (Å²) in [4.78, 5) is 3.43. The Morgan fingerprint density at radius 3 is 2.34 bits per heavy atom. The van der Waals surface area contributed by atoms with Crippen LogP contribution in [-0.4, -0.2) is 41.4 Å². The minimum absolute atomic E-state index is 0. The van der Waals surface area contributed by atoms with Crippen molar-refractivity contribution in [2.45, 2.75) is 25.7 Å². The first-order valence-corrected chi connectivity index (χ1v) is 12.7. The molecule has 0 atom stereocenters. The quantitative estimate of drug-likeness (QED) is 0.240. The molecule has 1 saturated heterocycles. The Kier molecular flexibility index (Phi) is 8.39. The summed E-state index contributed by atoms with van der Waals surface area (Å²) in [6, 6.07) is 20.5. The number of halogens is 1. The van der Waals surface area contributed by atoms with Gasteiger partial charge in [-0.25, -0.2) is 0 Å². The summed E-state index contributed by atoms with van der Waals surface area (Å²) in [6.07, 6.45) is 4.99. The topological polar surface area (TPSA) is 62.2 Å². The Balaban J connectivity index is 0.00000289. The summed E-state index contributed by atoms with van der Waals surface area (Å²) >= 11 is 1.59. The van der Waals surface area contributed by atoms with E-state index in [9.17, 15) is 10.2 Å². The highest BCUT2D eigenvalue weighted by Gasteiger charge is 2.15. The minimum atomic E-state index is -0.111. The van der Waals surface area contributed by atoms with E-state index < -0.39 is 0 Å². The van der Waals surface area contributed by atoms with E-state index in [0.29, 0.717) is 23.7 Å². The van der Waals surface area contributed by atoms with Crippen molar-refractivity contribution >= 4 is 33.8 Å². The molecule has 5 rings (SSSR count). The van der Waals surface area contributed by atoms with Gasteiger partial charge < -0.3 is 24.6 Å². The second-order valence-electron chi connectivity index (χ2n) is 8.66. The molecule has 0 amide bonds. The van der Waals surface area contributed by atoms with Gasteiger partial charge in [0.05, 0.1) is 6.61 Å². The Hall–Kier alpha value is -2.93. The fourth-order valence-corrected chi connectivity index (χ4v) is 5.43. The highest BCUT2D eigenvalue weighted by atomic mass is 35.5. The number of phenolic OH excluding ortho intramolecular Hbond substituents is 2. The maximum Gasteiger partial charge on any atom is 0.169 e. The first-order valence-electron chi connectivity index (χ1n) is 11.8. The number of aromatic hydroxyl groups is 2. The predicted molar refractivity (Wildman–Crippen MR) is 145 cm³/mol. The van der Waals surface area contributed by atoms with Gasteiger partial charge in [-0.3, -0.25) is 0 Å². The molecule has 184 valence electrons. The lowest BCUT2D eigenvalue weighted by Crippen LogP contribution is -2.31. The van der Waals surface area contributed by atoms with Crippen LogP contribution in [0.4, 0.5) is 0 Å². The summed E-state index contributed by atoms with van der Waals surface area (Å²) in [5.41, 5.74) is 0.627. The second-order valence-corrected chi connectivity index (χ2v) is 9.75. The zero-order valence-electron chi connectivity index (χ0n) is 19.5. The maximum absolute atomic E-state index is 10.5. The number of ether oxygens (including phenoxy) is 2. The highest BCUT2D eigenvalue weighted by Crippen LogP contribution is 2.44. The monoisotopic (exact) mass is 511 g/mol. The third-order valence-electron chi connectivity index (χ3n) is 6.16. The van der Waals surface area contributed by atoms with Crippen LogP contribution in [0.2, 0.25) is 0 Å². The molecule has 0 saturated carbocycles. The van der Waals surface area contributed by atoms with E-state index in [1.165, 1.54) is 38.4 Å². The molecule has 5 nitrogen and oxygen atoms in total. The van der Waals surface area contributed by atoms with Crippen molar-refractivity contribution < 1.29 is 19.7 Å². The van der Waals surface area contributed by atoms with Crippen LogP contribution >= 0.6 is 23.7 Å². The average Bonchev–Trinajstić information content (AvgIpc) is 3.29. The number of phenols is 2. The lowest BCUT2D eigenvalue weighted by atomic mass is 10.1. The van der Waals surface area contributed by atoms with Crippen molar-refractivity contribution in [1.29, 1.82) is 0 Å². The average molecular weight is 512 g/mol. The summed E-state index contributed by atoms with van der Waals surface area (Å²) in [5, 5.41) is 21.9. The van der Waals surface area contributed by atoms with Crippen molar-refractivity contribution in [2.75, 3.05) is 26.2 Å². The number of hydrogen-bond acceptors (Lipinski definition) is 6. The molecule has 3 aromatic carbocycles. The minimum Gasteiger partial charge on any atom is -0.507 e. The van der Waals surface area contributed by atoms with Gasteiger partial charge in [-0.15, -0.1) is 23.7 Å². The molecule has 1 aliphatic heterocycles. The summed E-state index contributed by atoms with van der Waals surface area (Å²) in [5.74, 6) is 1.58. The number of hydrogen-bond donors (Lipinski definition) is 2. The van der Waals surface area contributed by atoms with Crippen LogP contribution in [-0.2, 0) is 0 Å². The SMILES string of the molecule is Cl.Oc1cc(O)c(-c2cc3ccccc3s2)cc1Oc1ccc(OCCCN2CCCCC2)cc1. The van der Waals surface area contributed by atoms with Crippen molar-refractivity contribution in [3.63, 3.8) is 0 Å². The number of fused-ring (bicyclic) bond motifs is 1. The van der Waals surface area contributed by atoms with Crippen LogP contribution in [0.3, 0.4) is 0 Å². The van der Waals surface area contributed by atoms with E-state index in [1.807, 2.05) is 48.5 Å². The summed E-state index contributed by atoms with van der Waals surface area (Å²) in [6.45, 7) is 4.19. The molecule has 0 unspecified atom stereocenters. The zero-order valence-corrected chi connectivity index (χ0v) is 21.1. The third-order valence-corrected chi connectivity index (χ3v) is 7.31. The van der Waals surface area contributed by atoms with Gasteiger partial charge in [-0.05, 0) is 80.2 Å². The van der Waals surface area contributed by atoms with Crippen LogP contribution in [0.15, 0.2) is 66.7 Å². The summed E-state index contributed by atoms with van der Waals surface area (Å²) < 4.78 is 13.0. The molecule has 35 heavy (non-hydrogen) atoms. The standard InChI is InChI=1S/C28H29NO4S.ClH/c30-24-19-25(31)26(18-23(24)28-17-20-7-2-3-8-27(20)34-28)33-22-11-9-21(10-12-22)32-16-6-15-29-13-4-1-5-14-29;/h2-3,7-12,17-19,30-31H,1,4-6,13-16H2;1H.